The first kappa shape index (κ1) is 13.9. The van der Waals surface area contributed by atoms with Gasteiger partial charge in [-0.3, -0.25) is 10.1 Å². The minimum absolute atomic E-state index is 0.155. The average molecular weight is 326 g/mol. The van der Waals surface area contributed by atoms with Crippen molar-refractivity contribution in [1.82, 2.24) is 0 Å². The van der Waals surface area contributed by atoms with Crippen molar-refractivity contribution in [2.24, 2.45) is 0 Å². The predicted octanol–water partition coefficient (Wildman–Crippen LogP) is 1.95. The van der Waals surface area contributed by atoms with Crippen LogP contribution >= 0.6 is 15.9 Å². The topological polar surface area (TPSA) is 83.6 Å². The van der Waals surface area contributed by atoms with Crippen molar-refractivity contribution in [2.75, 3.05) is 6.61 Å². The summed E-state index contributed by atoms with van der Waals surface area (Å²) in [4.78, 5) is 10.6. The Kier molecular flexibility index (Phi) is 3.84. The fourth-order valence-corrected chi connectivity index (χ4v) is 2.96. The zero-order valence-corrected chi connectivity index (χ0v) is 11.4. The minimum atomic E-state index is -1.70. The number of nitrogens with zero attached hydrogens (tertiary/aromatic N) is 1. The van der Waals surface area contributed by atoms with Crippen molar-refractivity contribution in [3.8, 4) is 0 Å². The van der Waals surface area contributed by atoms with Gasteiger partial charge in [0.2, 0.25) is 0 Å². The lowest BCUT2D eigenvalue weighted by Gasteiger charge is -2.26. The molecule has 0 radical (unpaired) electrons. The molecule has 2 unspecified atom stereocenters. The van der Waals surface area contributed by atoms with Crippen LogP contribution in [0.5, 0.6) is 0 Å². The number of allylic oxidation sites excluding steroid dienone is 1. The summed E-state index contributed by atoms with van der Waals surface area (Å²) >= 11 is 3.26. The third kappa shape index (κ3) is 2.75. The van der Waals surface area contributed by atoms with Crippen LogP contribution in [0.2, 0.25) is 0 Å². The Morgan fingerprint density at radius 2 is 1.95 bits per heavy atom. The minimum Gasteiger partial charge on any atom is -0.393 e. The maximum absolute atomic E-state index is 11.2. The van der Waals surface area contributed by atoms with E-state index in [-0.39, 0.29) is 5.70 Å². The molecule has 1 aliphatic carbocycles. The standard InChI is InChI=1S/C13H12BrNO4/c14-10-6-13(17,8-16)7-11(15(18)19)12(10)9-4-2-1-3-5-9/h1-7,12,16-17H,8H2. The molecule has 0 aliphatic heterocycles. The van der Waals surface area contributed by atoms with E-state index in [0.29, 0.717) is 4.48 Å². The summed E-state index contributed by atoms with van der Waals surface area (Å²) in [6.07, 6.45) is 2.48. The van der Waals surface area contributed by atoms with Crippen LogP contribution in [-0.4, -0.2) is 27.3 Å². The normalized spacial score (nSPS) is 26.6. The van der Waals surface area contributed by atoms with E-state index in [2.05, 4.69) is 15.9 Å². The number of rotatable bonds is 3. The summed E-state index contributed by atoms with van der Waals surface area (Å²) in [5.74, 6) is -0.581. The highest BCUT2D eigenvalue weighted by atomic mass is 79.9. The SMILES string of the molecule is O=[N+]([O-])C1=CC(O)(CO)C=C(Br)C1c1ccccc1. The Morgan fingerprint density at radius 1 is 1.32 bits per heavy atom. The number of halogens is 1. The van der Waals surface area contributed by atoms with Crippen LogP contribution in [-0.2, 0) is 0 Å². The third-order valence-corrected chi connectivity index (χ3v) is 3.64. The molecule has 19 heavy (non-hydrogen) atoms. The van der Waals surface area contributed by atoms with Gasteiger partial charge >= 0.3 is 0 Å². The molecular formula is C13H12BrNO4. The molecule has 1 aliphatic rings. The highest BCUT2D eigenvalue weighted by Crippen LogP contribution is 2.41. The van der Waals surface area contributed by atoms with Gasteiger partial charge in [-0.05, 0) is 11.6 Å². The molecule has 1 aromatic rings. The van der Waals surface area contributed by atoms with Gasteiger partial charge in [0, 0.05) is 10.6 Å². The Hall–Kier alpha value is -1.50. The first-order chi connectivity index (χ1) is 8.97. The van der Waals surface area contributed by atoms with Gasteiger partial charge in [-0.15, -0.1) is 0 Å². The molecule has 2 rings (SSSR count). The summed E-state index contributed by atoms with van der Waals surface area (Å²) in [5, 5.41) is 30.3. The molecule has 0 heterocycles. The molecule has 2 N–H and O–H groups in total. The Labute approximate surface area is 118 Å². The van der Waals surface area contributed by atoms with Crippen LogP contribution in [0, 0.1) is 10.1 Å². The molecule has 0 bridgehead atoms. The van der Waals surface area contributed by atoms with E-state index < -0.39 is 23.0 Å². The van der Waals surface area contributed by atoms with Crippen molar-refractivity contribution in [3.63, 3.8) is 0 Å². The zero-order valence-electron chi connectivity index (χ0n) is 9.86. The lowest BCUT2D eigenvalue weighted by molar-refractivity contribution is -0.430. The molecule has 0 fully saturated rings. The highest BCUT2D eigenvalue weighted by molar-refractivity contribution is 9.11. The summed E-state index contributed by atoms with van der Waals surface area (Å²) < 4.78 is 0.462. The third-order valence-electron chi connectivity index (χ3n) is 2.95. The molecule has 100 valence electrons. The van der Waals surface area contributed by atoms with Gasteiger partial charge in [0.05, 0.1) is 11.5 Å². The fourth-order valence-electron chi connectivity index (χ4n) is 2.07. The maximum atomic E-state index is 11.2. The largest absolute Gasteiger partial charge is 0.393 e. The summed E-state index contributed by atoms with van der Waals surface area (Å²) in [7, 11) is 0. The second-order valence-corrected chi connectivity index (χ2v) is 5.26. The summed E-state index contributed by atoms with van der Waals surface area (Å²) in [6.45, 7) is -0.610. The second-order valence-electron chi connectivity index (χ2n) is 4.35. The first-order valence-electron chi connectivity index (χ1n) is 5.60. The summed E-state index contributed by atoms with van der Waals surface area (Å²) in [6, 6.07) is 8.96. The Balaban J connectivity index is 2.52. The Bertz CT molecular complexity index is 555. The number of benzene rings is 1. The van der Waals surface area contributed by atoms with Crippen LogP contribution in [0.4, 0.5) is 0 Å². The number of aliphatic hydroxyl groups is 2. The van der Waals surface area contributed by atoms with Crippen LogP contribution in [0.3, 0.4) is 0 Å². The van der Waals surface area contributed by atoms with Gasteiger partial charge in [0.25, 0.3) is 5.70 Å². The van der Waals surface area contributed by atoms with Crippen molar-refractivity contribution < 1.29 is 15.1 Å². The molecular weight excluding hydrogens is 314 g/mol. The molecule has 0 saturated heterocycles. The zero-order chi connectivity index (χ0) is 14.0. The fraction of sp³-hybridized carbons (Fsp3) is 0.231. The molecule has 0 amide bonds. The molecule has 6 heteroatoms. The van der Waals surface area contributed by atoms with Gasteiger partial charge in [-0.25, -0.2) is 0 Å². The average Bonchev–Trinajstić information content (AvgIpc) is 2.39. The predicted molar refractivity (Wildman–Crippen MR) is 73.3 cm³/mol. The smallest absolute Gasteiger partial charge is 0.257 e. The second kappa shape index (κ2) is 5.24. The lowest BCUT2D eigenvalue weighted by Crippen LogP contribution is -2.33. The molecule has 0 spiro atoms. The van der Waals surface area contributed by atoms with E-state index in [1.165, 1.54) is 6.08 Å². The number of nitro groups is 1. The summed E-state index contributed by atoms with van der Waals surface area (Å²) in [5.41, 5.74) is -1.11. The van der Waals surface area contributed by atoms with Crippen molar-refractivity contribution in [1.29, 1.82) is 0 Å². The van der Waals surface area contributed by atoms with E-state index in [0.717, 1.165) is 11.6 Å². The first-order valence-corrected chi connectivity index (χ1v) is 6.40. The number of hydrogen-bond donors (Lipinski definition) is 2. The molecule has 1 aromatic carbocycles. The monoisotopic (exact) mass is 325 g/mol. The van der Waals surface area contributed by atoms with E-state index in [4.69, 9.17) is 5.11 Å². The van der Waals surface area contributed by atoms with E-state index in [1.54, 1.807) is 24.3 Å². The van der Waals surface area contributed by atoms with Crippen LogP contribution in [0.1, 0.15) is 11.5 Å². The number of hydrogen-bond acceptors (Lipinski definition) is 4. The molecule has 0 saturated carbocycles. The molecule has 2 atom stereocenters. The van der Waals surface area contributed by atoms with Gasteiger partial charge in [-0.1, -0.05) is 46.3 Å². The maximum Gasteiger partial charge on any atom is 0.257 e. The van der Waals surface area contributed by atoms with Crippen molar-refractivity contribution in [3.05, 3.63) is 68.3 Å². The van der Waals surface area contributed by atoms with E-state index in [1.807, 2.05) is 6.07 Å². The van der Waals surface area contributed by atoms with Gasteiger partial charge in [0.1, 0.15) is 11.5 Å². The van der Waals surface area contributed by atoms with Gasteiger partial charge in [0.15, 0.2) is 0 Å². The van der Waals surface area contributed by atoms with Crippen LogP contribution in [0.25, 0.3) is 0 Å². The van der Waals surface area contributed by atoms with Crippen molar-refractivity contribution >= 4 is 15.9 Å². The molecule has 0 aromatic heterocycles. The van der Waals surface area contributed by atoms with Gasteiger partial charge < -0.3 is 10.2 Å². The van der Waals surface area contributed by atoms with Gasteiger partial charge in [-0.2, -0.15) is 0 Å². The van der Waals surface area contributed by atoms with E-state index in [9.17, 15) is 15.2 Å². The Morgan fingerprint density at radius 3 is 2.47 bits per heavy atom. The van der Waals surface area contributed by atoms with Crippen molar-refractivity contribution in [2.45, 2.75) is 11.5 Å². The van der Waals surface area contributed by atoms with Crippen LogP contribution in [0.15, 0.2) is 52.7 Å². The van der Waals surface area contributed by atoms with E-state index >= 15 is 0 Å². The number of aliphatic hydroxyl groups excluding tert-OH is 1. The molecule has 5 nitrogen and oxygen atoms in total. The quantitative estimate of drug-likeness (QED) is 0.657. The highest BCUT2D eigenvalue weighted by Gasteiger charge is 2.39. The van der Waals surface area contributed by atoms with Crippen LogP contribution < -0.4 is 0 Å². The lowest BCUT2D eigenvalue weighted by atomic mass is 9.86.